The topological polar surface area (TPSA) is 83.2 Å². The third kappa shape index (κ3) is 2.86. The van der Waals surface area contributed by atoms with E-state index in [9.17, 15) is 9.65 Å². The van der Waals surface area contributed by atoms with Crippen LogP contribution in [0.2, 0.25) is 0 Å². The normalized spacial score (nSPS) is 12.2. The van der Waals surface area contributed by atoms with Crippen molar-refractivity contribution in [2.24, 2.45) is 0 Å². The zero-order chi connectivity index (χ0) is 18.1. The van der Waals surface area contributed by atoms with Gasteiger partial charge in [0, 0.05) is 33.4 Å². The number of fused-ring (bicyclic) bond motifs is 1. The van der Waals surface area contributed by atoms with E-state index >= 15 is 0 Å². The molecule has 0 saturated heterocycles. The lowest BCUT2D eigenvalue weighted by molar-refractivity contribution is 0.497. The lowest BCUT2D eigenvalue weighted by Crippen LogP contribution is -2.12. The summed E-state index contributed by atoms with van der Waals surface area (Å²) >= 11 is 3.35. The van der Waals surface area contributed by atoms with Crippen LogP contribution in [0.1, 0.15) is 18.0 Å². The Bertz CT molecular complexity index is 1130. The van der Waals surface area contributed by atoms with E-state index in [1.165, 1.54) is 12.4 Å². The van der Waals surface area contributed by atoms with Gasteiger partial charge in [-0.1, -0.05) is 15.9 Å². The molecule has 0 spiro atoms. The van der Waals surface area contributed by atoms with Crippen molar-refractivity contribution in [2.75, 3.05) is 0 Å². The molecule has 128 valence electrons. The summed E-state index contributed by atoms with van der Waals surface area (Å²) in [6.45, 7) is 0. The second-order valence-electron chi connectivity index (χ2n) is 5.72. The van der Waals surface area contributed by atoms with Crippen molar-refractivity contribution in [3.05, 3.63) is 65.0 Å². The minimum Gasteiger partial charge on any atom is -0.346 e. The maximum absolute atomic E-state index is 14.3. The van der Waals surface area contributed by atoms with Crippen LogP contribution >= 0.6 is 15.9 Å². The summed E-state index contributed by atoms with van der Waals surface area (Å²) in [5.41, 5.74) is 2.64. The quantitative estimate of drug-likeness (QED) is 0.545. The third-order valence-corrected chi connectivity index (χ3v) is 4.64. The van der Waals surface area contributed by atoms with E-state index in [1.54, 1.807) is 35.4 Å². The average molecular weight is 411 g/mol. The van der Waals surface area contributed by atoms with Crippen LogP contribution in [-0.2, 0) is 0 Å². The summed E-state index contributed by atoms with van der Waals surface area (Å²) in [5.74, 6) is -0.374. The number of rotatable bonds is 4. The van der Waals surface area contributed by atoms with Gasteiger partial charge in [0.05, 0.1) is 30.4 Å². The molecule has 0 aliphatic rings. The fourth-order valence-electron chi connectivity index (χ4n) is 2.94. The van der Waals surface area contributed by atoms with Gasteiger partial charge in [0.25, 0.3) is 0 Å². The molecular weight excluding hydrogens is 399 g/mol. The molecule has 0 bridgehead atoms. The summed E-state index contributed by atoms with van der Waals surface area (Å²) in [6.07, 6.45) is 6.80. The van der Waals surface area contributed by atoms with Crippen LogP contribution in [0.5, 0.6) is 0 Å². The largest absolute Gasteiger partial charge is 0.346 e. The molecule has 3 aromatic heterocycles. The Morgan fingerprint density at radius 1 is 1.31 bits per heavy atom. The fourth-order valence-corrected chi connectivity index (χ4v) is 3.31. The molecule has 3 heterocycles. The molecule has 0 aliphatic heterocycles. The first-order valence-electron chi connectivity index (χ1n) is 7.82. The molecule has 4 aromatic rings. The first kappa shape index (κ1) is 16.4. The molecule has 0 radical (unpaired) electrons. The Labute approximate surface area is 156 Å². The van der Waals surface area contributed by atoms with E-state index in [0.717, 1.165) is 26.8 Å². The highest BCUT2D eigenvalue weighted by Gasteiger charge is 2.20. The van der Waals surface area contributed by atoms with Crippen molar-refractivity contribution in [3.8, 4) is 17.3 Å². The predicted molar refractivity (Wildman–Crippen MR) is 97.6 cm³/mol. The van der Waals surface area contributed by atoms with E-state index in [4.69, 9.17) is 0 Å². The standard InChI is InChI=1S/C18H12BrFN6/c19-12-1-2-15(20)14(7-12)16(3-5-21)26-9-11(8-25-26)17-13-4-6-22-18(13)24-10-23-17/h1-2,4,6-10,16H,3H2,(H,22,23,24). The van der Waals surface area contributed by atoms with Crippen LogP contribution in [-0.4, -0.2) is 24.7 Å². The first-order valence-corrected chi connectivity index (χ1v) is 8.61. The van der Waals surface area contributed by atoms with E-state index in [0.29, 0.717) is 5.56 Å². The lowest BCUT2D eigenvalue weighted by atomic mass is 10.0. The maximum atomic E-state index is 14.3. The van der Waals surface area contributed by atoms with Gasteiger partial charge < -0.3 is 4.98 Å². The van der Waals surface area contributed by atoms with E-state index in [1.807, 2.05) is 6.07 Å². The van der Waals surface area contributed by atoms with Crippen molar-refractivity contribution in [3.63, 3.8) is 0 Å². The van der Waals surface area contributed by atoms with Crippen molar-refractivity contribution < 1.29 is 4.39 Å². The van der Waals surface area contributed by atoms with E-state index in [-0.39, 0.29) is 12.2 Å². The summed E-state index contributed by atoms with van der Waals surface area (Å²) in [6, 6.07) is 8.15. The molecule has 0 saturated carbocycles. The second-order valence-corrected chi connectivity index (χ2v) is 6.63. The van der Waals surface area contributed by atoms with Crippen LogP contribution in [0.15, 0.2) is 53.7 Å². The van der Waals surface area contributed by atoms with Crippen LogP contribution in [0.3, 0.4) is 0 Å². The van der Waals surface area contributed by atoms with Crippen molar-refractivity contribution in [1.82, 2.24) is 24.7 Å². The van der Waals surface area contributed by atoms with Gasteiger partial charge in [-0.05, 0) is 24.3 Å². The predicted octanol–water partition coefficient (Wildman–Crippen LogP) is 4.23. The number of aromatic amines is 1. The average Bonchev–Trinajstić information content (AvgIpc) is 3.31. The highest BCUT2D eigenvalue weighted by molar-refractivity contribution is 9.10. The highest BCUT2D eigenvalue weighted by Crippen LogP contribution is 2.30. The van der Waals surface area contributed by atoms with Gasteiger partial charge in [-0.3, -0.25) is 4.68 Å². The van der Waals surface area contributed by atoms with E-state index < -0.39 is 6.04 Å². The molecule has 1 aromatic carbocycles. The van der Waals surface area contributed by atoms with Gasteiger partial charge in [-0.15, -0.1) is 0 Å². The van der Waals surface area contributed by atoms with Crippen molar-refractivity contribution in [1.29, 1.82) is 5.26 Å². The minimum absolute atomic E-state index is 0.0951. The van der Waals surface area contributed by atoms with Gasteiger partial charge in [0.2, 0.25) is 0 Å². The summed E-state index contributed by atoms with van der Waals surface area (Å²) in [7, 11) is 0. The maximum Gasteiger partial charge on any atom is 0.141 e. The molecule has 1 N–H and O–H groups in total. The molecule has 8 heteroatoms. The van der Waals surface area contributed by atoms with Crippen LogP contribution in [0.25, 0.3) is 22.3 Å². The molecular formula is C18H12BrFN6. The zero-order valence-corrected chi connectivity index (χ0v) is 15.0. The Kier molecular flexibility index (Phi) is 4.22. The molecule has 0 amide bonds. The number of halogens is 2. The number of hydrogen-bond donors (Lipinski definition) is 1. The van der Waals surface area contributed by atoms with Gasteiger partial charge in [-0.25, -0.2) is 14.4 Å². The molecule has 1 unspecified atom stereocenters. The molecule has 0 fully saturated rings. The Hall–Kier alpha value is -3.05. The smallest absolute Gasteiger partial charge is 0.141 e. The molecule has 4 rings (SSSR count). The van der Waals surface area contributed by atoms with Gasteiger partial charge in [-0.2, -0.15) is 10.4 Å². The van der Waals surface area contributed by atoms with Gasteiger partial charge in [0.1, 0.15) is 17.8 Å². The van der Waals surface area contributed by atoms with Crippen molar-refractivity contribution >= 4 is 27.0 Å². The summed E-state index contributed by atoms with van der Waals surface area (Å²) in [5, 5.41) is 14.4. The molecule has 6 nitrogen and oxygen atoms in total. The van der Waals surface area contributed by atoms with Crippen LogP contribution < -0.4 is 0 Å². The molecule has 0 aliphatic carbocycles. The van der Waals surface area contributed by atoms with E-state index in [2.05, 4.69) is 42.0 Å². The number of nitrogens with zero attached hydrogens (tertiary/aromatic N) is 5. The number of nitriles is 1. The third-order valence-electron chi connectivity index (χ3n) is 4.15. The Balaban J connectivity index is 1.79. The lowest BCUT2D eigenvalue weighted by Gasteiger charge is -2.16. The number of H-pyrrole nitrogens is 1. The number of benzene rings is 1. The molecule has 26 heavy (non-hydrogen) atoms. The highest BCUT2D eigenvalue weighted by atomic mass is 79.9. The van der Waals surface area contributed by atoms with Gasteiger partial charge in [0.15, 0.2) is 0 Å². The number of hydrogen-bond acceptors (Lipinski definition) is 4. The monoisotopic (exact) mass is 410 g/mol. The zero-order valence-electron chi connectivity index (χ0n) is 13.4. The number of nitrogens with one attached hydrogen (secondary N) is 1. The number of aromatic nitrogens is 5. The molecule has 1 atom stereocenters. The van der Waals surface area contributed by atoms with Crippen LogP contribution in [0.4, 0.5) is 4.39 Å². The SMILES string of the molecule is N#CCC(c1cc(Br)ccc1F)n1cc(-c2ncnc3[nH]ccc23)cn1. The summed E-state index contributed by atoms with van der Waals surface area (Å²) in [4.78, 5) is 11.6. The minimum atomic E-state index is -0.533. The first-order chi connectivity index (χ1) is 12.7. The van der Waals surface area contributed by atoms with Crippen LogP contribution in [0, 0.1) is 17.1 Å². The second kappa shape index (κ2) is 6.69. The Morgan fingerprint density at radius 2 is 2.19 bits per heavy atom. The Morgan fingerprint density at radius 3 is 3.04 bits per heavy atom. The summed E-state index contributed by atoms with van der Waals surface area (Å²) < 4.78 is 16.7. The van der Waals surface area contributed by atoms with Gasteiger partial charge >= 0.3 is 0 Å². The van der Waals surface area contributed by atoms with Crippen molar-refractivity contribution in [2.45, 2.75) is 12.5 Å². The fraction of sp³-hybridized carbons (Fsp3) is 0.111.